The largest absolute Gasteiger partial charge is 0.343 e. The lowest BCUT2D eigenvalue weighted by molar-refractivity contribution is 0.188. The maximum atomic E-state index is 11.9. The molecule has 2 aromatic heterocycles. The molecule has 1 N–H and O–H groups in total. The van der Waals surface area contributed by atoms with Crippen LogP contribution in [0.2, 0.25) is 0 Å². The molecule has 26 heavy (non-hydrogen) atoms. The Morgan fingerprint density at radius 3 is 2.81 bits per heavy atom. The molecule has 4 rings (SSSR count). The molecule has 0 bridgehead atoms. The van der Waals surface area contributed by atoms with Crippen LogP contribution in [-0.2, 0) is 19.6 Å². The number of hydrogen-bond acceptors (Lipinski definition) is 4. The molecular formula is C19H26N6O. The predicted octanol–water partition coefficient (Wildman–Crippen LogP) is 2.34. The molecule has 1 aliphatic rings. The van der Waals surface area contributed by atoms with E-state index >= 15 is 0 Å². The summed E-state index contributed by atoms with van der Waals surface area (Å²) >= 11 is 0. The molecule has 3 heterocycles. The van der Waals surface area contributed by atoms with E-state index in [4.69, 9.17) is 4.98 Å². The van der Waals surface area contributed by atoms with Crippen LogP contribution in [0.1, 0.15) is 44.3 Å². The quantitative estimate of drug-likeness (QED) is 0.763. The van der Waals surface area contributed by atoms with Crippen molar-refractivity contribution in [1.29, 1.82) is 0 Å². The molecule has 1 aliphatic heterocycles. The maximum Gasteiger partial charge on any atom is 0.343 e. The molecule has 7 nitrogen and oxygen atoms in total. The van der Waals surface area contributed by atoms with Crippen molar-refractivity contribution in [3.8, 4) is 0 Å². The van der Waals surface area contributed by atoms with Crippen LogP contribution in [-0.4, -0.2) is 42.3 Å². The molecule has 0 saturated carbocycles. The Balaban J connectivity index is 1.56. The Morgan fingerprint density at radius 2 is 2.00 bits per heavy atom. The van der Waals surface area contributed by atoms with Gasteiger partial charge in [-0.15, -0.1) is 0 Å². The summed E-state index contributed by atoms with van der Waals surface area (Å²) in [6, 6.07) is 8.32. The molecule has 0 spiro atoms. The number of H-pyrrole nitrogens is 1. The second kappa shape index (κ2) is 7.07. The van der Waals surface area contributed by atoms with Gasteiger partial charge in [0.1, 0.15) is 11.6 Å². The predicted molar refractivity (Wildman–Crippen MR) is 101 cm³/mol. The fourth-order valence-electron chi connectivity index (χ4n) is 4.16. The van der Waals surface area contributed by atoms with Crippen LogP contribution in [0.25, 0.3) is 11.0 Å². The summed E-state index contributed by atoms with van der Waals surface area (Å²) in [5.74, 6) is 2.30. The minimum atomic E-state index is -0.104. The van der Waals surface area contributed by atoms with Gasteiger partial charge in [-0.1, -0.05) is 12.1 Å². The molecule has 1 atom stereocenters. The van der Waals surface area contributed by atoms with Gasteiger partial charge in [-0.3, -0.25) is 9.47 Å². The zero-order valence-corrected chi connectivity index (χ0v) is 15.5. The first kappa shape index (κ1) is 17.0. The number of aromatic amines is 1. The van der Waals surface area contributed by atoms with Crippen molar-refractivity contribution in [2.45, 2.75) is 52.2 Å². The van der Waals surface area contributed by atoms with Crippen molar-refractivity contribution >= 4 is 11.0 Å². The normalized spacial score (nSPS) is 18.6. The molecule has 1 aromatic carbocycles. The number of nitrogens with one attached hydrogen (secondary N) is 1. The van der Waals surface area contributed by atoms with E-state index in [0.717, 1.165) is 56.2 Å². The van der Waals surface area contributed by atoms with E-state index < -0.39 is 0 Å². The van der Waals surface area contributed by atoms with Gasteiger partial charge in [0.2, 0.25) is 0 Å². The topological polar surface area (TPSA) is 71.7 Å². The summed E-state index contributed by atoms with van der Waals surface area (Å²) < 4.78 is 4.06. The SMILES string of the molecule is CCn1c(C2CCCN(Cc3nc4ccccc4n3CC)C2)n[nH]c1=O. The number of benzene rings is 1. The Hall–Kier alpha value is -2.41. The number of nitrogens with zero attached hydrogens (tertiary/aromatic N) is 5. The average molecular weight is 354 g/mol. The number of fused-ring (bicyclic) bond motifs is 1. The highest BCUT2D eigenvalue weighted by Gasteiger charge is 2.26. The number of imidazole rings is 1. The van der Waals surface area contributed by atoms with Crippen LogP contribution in [0.3, 0.4) is 0 Å². The Bertz CT molecular complexity index is 952. The number of para-hydroxylation sites is 2. The van der Waals surface area contributed by atoms with E-state index in [9.17, 15) is 4.79 Å². The average Bonchev–Trinajstić information content (AvgIpc) is 3.21. The first-order chi connectivity index (χ1) is 12.7. The summed E-state index contributed by atoms with van der Waals surface area (Å²) in [7, 11) is 0. The number of piperidine rings is 1. The van der Waals surface area contributed by atoms with Gasteiger partial charge in [0.05, 0.1) is 17.6 Å². The number of hydrogen-bond donors (Lipinski definition) is 1. The van der Waals surface area contributed by atoms with Crippen LogP contribution in [0.4, 0.5) is 0 Å². The molecule has 0 radical (unpaired) electrons. The van der Waals surface area contributed by atoms with E-state index in [1.165, 1.54) is 5.52 Å². The van der Waals surface area contributed by atoms with Gasteiger partial charge in [0.15, 0.2) is 0 Å². The zero-order chi connectivity index (χ0) is 18.1. The lowest BCUT2D eigenvalue weighted by atomic mass is 9.97. The van der Waals surface area contributed by atoms with Crippen molar-refractivity contribution in [2.24, 2.45) is 0 Å². The van der Waals surface area contributed by atoms with Crippen LogP contribution < -0.4 is 5.69 Å². The number of aromatic nitrogens is 5. The van der Waals surface area contributed by atoms with E-state index in [1.54, 1.807) is 4.57 Å². The van der Waals surface area contributed by atoms with Gasteiger partial charge in [0, 0.05) is 25.6 Å². The van der Waals surface area contributed by atoms with Gasteiger partial charge in [-0.2, -0.15) is 5.10 Å². The van der Waals surface area contributed by atoms with E-state index in [0.29, 0.717) is 12.5 Å². The van der Waals surface area contributed by atoms with Crippen molar-refractivity contribution in [1.82, 2.24) is 29.2 Å². The van der Waals surface area contributed by atoms with Gasteiger partial charge in [-0.05, 0) is 45.4 Å². The number of aryl methyl sites for hydroxylation is 1. The van der Waals surface area contributed by atoms with Crippen LogP contribution in [0, 0.1) is 0 Å². The number of rotatable bonds is 5. The molecule has 3 aromatic rings. The van der Waals surface area contributed by atoms with Crippen molar-refractivity contribution in [2.75, 3.05) is 13.1 Å². The lowest BCUT2D eigenvalue weighted by Gasteiger charge is -2.32. The standard InChI is InChI=1S/C19H26N6O/c1-3-24-16-10-6-5-9-15(16)20-17(24)13-23-11-7-8-14(12-23)18-21-22-19(26)25(18)4-2/h5-6,9-10,14H,3-4,7-8,11-13H2,1-2H3,(H,22,26). The smallest absolute Gasteiger partial charge is 0.327 e. The van der Waals surface area contributed by atoms with Crippen LogP contribution in [0.15, 0.2) is 29.1 Å². The molecule has 138 valence electrons. The fourth-order valence-corrected chi connectivity index (χ4v) is 4.16. The maximum absolute atomic E-state index is 11.9. The van der Waals surface area contributed by atoms with Crippen molar-refractivity contribution < 1.29 is 0 Å². The molecular weight excluding hydrogens is 328 g/mol. The minimum Gasteiger partial charge on any atom is -0.327 e. The van der Waals surface area contributed by atoms with Gasteiger partial charge >= 0.3 is 5.69 Å². The summed E-state index contributed by atoms with van der Waals surface area (Å²) in [4.78, 5) is 19.2. The third-order valence-corrected chi connectivity index (χ3v) is 5.39. The molecule has 0 aliphatic carbocycles. The van der Waals surface area contributed by atoms with E-state index in [1.807, 2.05) is 13.0 Å². The summed E-state index contributed by atoms with van der Waals surface area (Å²) in [5.41, 5.74) is 2.16. The summed E-state index contributed by atoms with van der Waals surface area (Å²) in [6.07, 6.45) is 2.19. The Labute approximate surface area is 152 Å². The highest BCUT2D eigenvalue weighted by atomic mass is 16.1. The lowest BCUT2D eigenvalue weighted by Crippen LogP contribution is -2.36. The molecule has 1 unspecified atom stereocenters. The van der Waals surface area contributed by atoms with Crippen LogP contribution >= 0.6 is 0 Å². The van der Waals surface area contributed by atoms with E-state index in [2.05, 4.69) is 44.8 Å². The highest BCUT2D eigenvalue weighted by molar-refractivity contribution is 5.75. The Kier molecular flexibility index (Phi) is 4.63. The molecule has 1 fully saturated rings. The van der Waals surface area contributed by atoms with Crippen molar-refractivity contribution in [3.63, 3.8) is 0 Å². The molecule has 7 heteroatoms. The second-order valence-corrected chi connectivity index (χ2v) is 6.97. The third-order valence-electron chi connectivity index (χ3n) is 5.39. The van der Waals surface area contributed by atoms with Crippen molar-refractivity contribution in [3.05, 3.63) is 46.4 Å². The zero-order valence-electron chi connectivity index (χ0n) is 15.5. The highest BCUT2D eigenvalue weighted by Crippen LogP contribution is 2.26. The van der Waals surface area contributed by atoms with Crippen LogP contribution in [0.5, 0.6) is 0 Å². The second-order valence-electron chi connectivity index (χ2n) is 6.97. The minimum absolute atomic E-state index is 0.104. The summed E-state index contributed by atoms with van der Waals surface area (Å²) in [6.45, 7) is 8.54. The monoisotopic (exact) mass is 354 g/mol. The van der Waals surface area contributed by atoms with Gasteiger partial charge < -0.3 is 4.57 Å². The van der Waals surface area contributed by atoms with Gasteiger partial charge in [0.25, 0.3) is 0 Å². The molecule has 0 amide bonds. The number of likely N-dealkylation sites (tertiary alicyclic amines) is 1. The fraction of sp³-hybridized carbons (Fsp3) is 0.526. The molecule has 1 saturated heterocycles. The van der Waals surface area contributed by atoms with E-state index in [-0.39, 0.29) is 5.69 Å². The first-order valence-electron chi connectivity index (χ1n) is 9.52. The summed E-state index contributed by atoms with van der Waals surface area (Å²) in [5, 5.41) is 6.91. The first-order valence-corrected chi connectivity index (χ1v) is 9.52. The Morgan fingerprint density at radius 1 is 1.19 bits per heavy atom. The third kappa shape index (κ3) is 2.96. The van der Waals surface area contributed by atoms with Gasteiger partial charge in [-0.25, -0.2) is 14.9 Å².